The standard InChI is InChI=1S/C11H10F3NO/c1-8(15-16)5-6-9-3-2-4-10(7-9)11(12,13)14/h2-7,16H,1H3. The molecule has 0 unspecified atom stereocenters. The zero-order valence-corrected chi connectivity index (χ0v) is 8.49. The lowest BCUT2D eigenvalue weighted by Gasteiger charge is -2.06. The van der Waals surface area contributed by atoms with Crippen LogP contribution in [-0.4, -0.2) is 10.9 Å². The van der Waals surface area contributed by atoms with Crippen LogP contribution < -0.4 is 0 Å². The predicted octanol–water partition coefficient (Wildman–Crippen LogP) is 3.57. The third-order valence-electron chi connectivity index (χ3n) is 1.89. The zero-order chi connectivity index (χ0) is 12.2. The van der Waals surface area contributed by atoms with Gasteiger partial charge in [0.05, 0.1) is 11.3 Å². The normalized spacial score (nSPS) is 13.4. The maximum Gasteiger partial charge on any atom is 0.416 e. The van der Waals surface area contributed by atoms with Gasteiger partial charge >= 0.3 is 6.18 Å². The molecular weight excluding hydrogens is 219 g/mol. The summed E-state index contributed by atoms with van der Waals surface area (Å²) in [5.41, 5.74) is 0.0171. The summed E-state index contributed by atoms with van der Waals surface area (Å²) in [5.74, 6) is 0. The van der Waals surface area contributed by atoms with E-state index in [2.05, 4.69) is 5.16 Å². The van der Waals surface area contributed by atoms with Gasteiger partial charge < -0.3 is 5.21 Å². The molecule has 0 spiro atoms. The number of benzene rings is 1. The van der Waals surface area contributed by atoms with Crippen LogP contribution in [0.4, 0.5) is 13.2 Å². The highest BCUT2D eigenvalue weighted by Gasteiger charge is 2.30. The van der Waals surface area contributed by atoms with Gasteiger partial charge in [0, 0.05) is 0 Å². The van der Waals surface area contributed by atoms with Crippen LogP contribution in [0.3, 0.4) is 0 Å². The van der Waals surface area contributed by atoms with Crippen molar-refractivity contribution in [1.82, 2.24) is 0 Å². The number of allylic oxidation sites excluding steroid dienone is 1. The number of hydrogen-bond donors (Lipinski definition) is 1. The lowest BCUT2D eigenvalue weighted by Crippen LogP contribution is -2.04. The first kappa shape index (κ1) is 12.3. The van der Waals surface area contributed by atoms with Gasteiger partial charge in [-0.05, 0) is 30.7 Å². The van der Waals surface area contributed by atoms with Gasteiger partial charge in [0.25, 0.3) is 0 Å². The van der Waals surface area contributed by atoms with Crippen molar-refractivity contribution in [1.29, 1.82) is 0 Å². The van der Waals surface area contributed by atoms with E-state index in [9.17, 15) is 13.2 Å². The van der Waals surface area contributed by atoms with Crippen LogP contribution >= 0.6 is 0 Å². The first-order chi connectivity index (χ1) is 7.43. The van der Waals surface area contributed by atoms with Crippen molar-refractivity contribution in [3.05, 3.63) is 41.5 Å². The third-order valence-corrected chi connectivity index (χ3v) is 1.89. The fourth-order valence-corrected chi connectivity index (χ4v) is 1.07. The van der Waals surface area contributed by atoms with Gasteiger partial charge in [-0.3, -0.25) is 0 Å². The highest BCUT2D eigenvalue weighted by atomic mass is 19.4. The van der Waals surface area contributed by atoms with Gasteiger partial charge in [0.1, 0.15) is 0 Å². The van der Waals surface area contributed by atoms with Crippen molar-refractivity contribution in [2.75, 3.05) is 0 Å². The highest BCUT2D eigenvalue weighted by Crippen LogP contribution is 2.29. The Morgan fingerprint density at radius 3 is 2.62 bits per heavy atom. The van der Waals surface area contributed by atoms with Crippen molar-refractivity contribution < 1.29 is 18.4 Å². The molecule has 1 aromatic rings. The molecular formula is C11H10F3NO. The summed E-state index contributed by atoms with van der Waals surface area (Å²) < 4.78 is 37.0. The molecule has 5 heteroatoms. The number of alkyl halides is 3. The van der Waals surface area contributed by atoms with Crippen LogP contribution in [0.2, 0.25) is 0 Å². The Labute approximate surface area is 90.7 Å². The van der Waals surface area contributed by atoms with Crippen LogP contribution in [0.15, 0.2) is 35.5 Å². The number of nitrogens with zero attached hydrogens (tertiary/aromatic N) is 1. The number of hydrogen-bond acceptors (Lipinski definition) is 2. The fraction of sp³-hybridized carbons (Fsp3) is 0.182. The summed E-state index contributed by atoms with van der Waals surface area (Å²) in [5, 5.41) is 11.2. The lowest BCUT2D eigenvalue weighted by atomic mass is 10.1. The largest absolute Gasteiger partial charge is 0.416 e. The van der Waals surface area contributed by atoms with E-state index < -0.39 is 11.7 Å². The fourth-order valence-electron chi connectivity index (χ4n) is 1.07. The molecule has 1 rings (SSSR count). The van der Waals surface area contributed by atoms with Gasteiger partial charge in [-0.25, -0.2) is 0 Å². The number of rotatable bonds is 2. The molecule has 0 aliphatic rings. The average Bonchev–Trinajstić information content (AvgIpc) is 2.25. The number of oxime groups is 1. The van der Waals surface area contributed by atoms with E-state index >= 15 is 0 Å². The molecule has 0 saturated heterocycles. The molecule has 1 N–H and O–H groups in total. The van der Waals surface area contributed by atoms with Crippen molar-refractivity contribution in [2.24, 2.45) is 5.16 Å². The van der Waals surface area contributed by atoms with E-state index in [4.69, 9.17) is 5.21 Å². The molecule has 0 amide bonds. The van der Waals surface area contributed by atoms with Gasteiger partial charge in [0.2, 0.25) is 0 Å². The van der Waals surface area contributed by atoms with E-state index in [1.54, 1.807) is 0 Å². The Morgan fingerprint density at radius 2 is 2.06 bits per heavy atom. The second-order valence-corrected chi connectivity index (χ2v) is 3.20. The smallest absolute Gasteiger partial charge is 0.411 e. The Balaban J connectivity index is 2.96. The maximum atomic E-state index is 12.3. The van der Waals surface area contributed by atoms with E-state index in [1.807, 2.05) is 0 Å². The SMILES string of the molecule is CC(C=Cc1cccc(C(F)(F)F)c1)=NO. The monoisotopic (exact) mass is 229 g/mol. The molecule has 0 heterocycles. The molecule has 0 aliphatic heterocycles. The zero-order valence-electron chi connectivity index (χ0n) is 8.49. The minimum absolute atomic E-state index is 0.317. The predicted molar refractivity (Wildman–Crippen MR) is 55.4 cm³/mol. The second-order valence-electron chi connectivity index (χ2n) is 3.20. The van der Waals surface area contributed by atoms with Crippen molar-refractivity contribution in [3.8, 4) is 0 Å². The Kier molecular flexibility index (Phi) is 3.71. The summed E-state index contributed by atoms with van der Waals surface area (Å²) >= 11 is 0. The molecule has 0 atom stereocenters. The summed E-state index contributed by atoms with van der Waals surface area (Å²) in [6, 6.07) is 4.90. The van der Waals surface area contributed by atoms with Crippen molar-refractivity contribution >= 4 is 11.8 Å². The van der Waals surface area contributed by atoms with Crippen LogP contribution in [0.25, 0.3) is 6.08 Å². The number of halogens is 3. The summed E-state index contributed by atoms with van der Waals surface area (Å²) in [6.45, 7) is 1.53. The minimum atomic E-state index is -4.34. The Bertz CT molecular complexity index is 421. The molecule has 0 aromatic heterocycles. The van der Waals surface area contributed by atoms with Gasteiger partial charge in [-0.2, -0.15) is 13.2 Å². The summed E-state index contributed by atoms with van der Waals surface area (Å²) in [6.07, 6.45) is -1.47. The first-order valence-corrected chi connectivity index (χ1v) is 4.47. The molecule has 2 nitrogen and oxygen atoms in total. The Morgan fingerprint density at radius 1 is 1.38 bits per heavy atom. The molecule has 1 aromatic carbocycles. The van der Waals surface area contributed by atoms with E-state index in [0.29, 0.717) is 11.3 Å². The summed E-state index contributed by atoms with van der Waals surface area (Å²) in [4.78, 5) is 0. The van der Waals surface area contributed by atoms with Crippen LogP contribution in [0, 0.1) is 0 Å². The average molecular weight is 229 g/mol. The molecule has 0 fully saturated rings. The molecule has 86 valence electrons. The van der Waals surface area contributed by atoms with Crippen LogP contribution in [-0.2, 0) is 6.18 Å². The minimum Gasteiger partial charge on any atom is -0.411 e. The van der Waals surface area contributed by atoms with E-state index in [0.717, 1.165) is 12.1 Å². The van der Waals surface area contributed by atoms with E-state index in [1.165, 1.54) is 31.2 Å². The summed E-state index contributed by atoms with van der Waals surface area (Å²) in [7, 11) is 0. The topological polar surface area (TPSA) is 32.6 Å². The molecule has 16 heavy (non-hydrogen) atoms. The first-order valence-electron chi connectivity index (χ1n) is 4.47. The van der Waals surface area contributed by atoms with Crippen LogP contribution in [0.1, 0.15) is 18.1 Å². The Hall–Kier alpha value is -1.78. The van der Waals surface area contributed by atoms with Crippen LogP contribution in [0.5, 0.6) is 0 Å². The van der Waals surface area contributed by atoms with Gasteiger partial charge in [0.15, 0.2) is 0 Å². The molecule has 0 radical (unpaired) electrons. The van der Waals surface area contributed by atoms with Gasteiger partial charge in [-0.15, -0.1) is 0 Å². The molecule has 0 saturated carbocycles. The maximum absolute atomic E-state index is 12.3. The third kappa shape index (κ3) is 3.42. The van der Waals surface area contributed by atoms with Crippen molar-refractivity contribution in [2.45, 2.75) is 13.1 Å². The van der Waals surface area contributed by atoms with Gasteiger partial charge in [-0.1, -0.05) is 23.4 Å². The lowest BCUT2D eigenvalue weighted by molar-refractivity contribution is -0.137. The highest BCUT2D eigenvalue weighted by molar-refractivity contribution is 5.95. The van der Waals surface area contributed by atoms with E-state index in [-0.39, 0.29) is 0 Å². The van der Waals surface area contributed by atoms with Crippen molar-refractivity contribution in [3.63, 3.8) is 0 Å². The second kappa shape index (κ2) is 4.83. The quantitative estimate of drug-likeness (QED) is 0.469. The molecule has 0 bridgehead atoms. The molecule has 0 aliphatic carbocycles.